The van der Waals surface area contributed by atoms with Gasteiger partial charge in [0.1, 0.15) is 0 Å². The first-order valence-corrected chi connectivity index (χ1v) is 8.48. The Morgan fingerprint density at radius 3 is 2.58 bits per heavy atom. The third-order valence-corrected chi connectivity index (χ3v) is 5.02. The van der Waals surface area contributed by atoms with Crippen LogP contribution in [-0.2, 0) is 6.54 Å². The molecule has 106 valence electrons. The van der Waals surface area contributed by atoms with E-state index < -0.39 is 0 Å². The molecule has 1 aliphatic rings. The van der Waals surface area contributed by atoms with Gasteiger partial charge in [0.05, 0.1) is 5.69 Å². The zero-order chi connectivity index (χ0) is 13.8. The molecule has 1 heterocycles. The molecule has 1 aromatic rings. The molecule has 0 unspecified atom stereocenters. The van der Waals surface area contributed by atoms with E-state index >= 15 is 0 Å². The summed E-state index contributed by atoms with van der Waals surface area (Å²) in [6.07, 6.45) is 6.59. The molecule has 2 rings (SSSR count). The Labute approximate surface area is 132 Å². The van der Waals surface area contributed by atoms with Crippen molar-refractivity contribution in [2.45, 2.75) is 51.2 Å². The number of aromatic nitrogens is 1. The van der Waals surface area contributed by atoms with Crippen molar-refractivity contribution >= 4 is 31.9 Å². The van der Waals surface area contributed by atoms with E-state index in [9.17, 15) is 0 Å². The van der Waals surface area contributed by atoms with Gasteiger partial charge >= 0.3 is 0 Å². The highest BCUT2D eigenvalue weighted by molar-refractivity contribution is 9.11. The molecule has 2 N–H and O–H groups in total. The van der Waals surface area contributed by atoms with Crippen LogP contribution in [-0.4, -0.2) is 28.5 Å². The van der Waals surface area contributed by atoms with E-state index in [2.05, 4.69) is 54.7 Å². The second-order valence-electron chi connectivity index (χ2n) is 5.21. The number of hydrogen-bond acceptors (Lipinski definition) is 3. The lowest BCUT2D eigenvalue weighted by atomic mass is 9.90. The average molecular weight is 391 g/mol. The Kier molecular flexibility index (Phi) is 5.81. The van der Waals surface area contributed by atoms with Crippen molar-refractivity contribution < 1.29 is 0 Å². The predicted octanol–water partition coefficient (Wildman–Crippen LogP) is 3.70. The fourth-order valence-electron chi connectivity index (χ4n) is 2.72. The maximum Gasteiger partial charge on any atom is 0.0686 e. The topological polar surface area (TPSA) is 42.2 Å². The summed E-state index contributed by atoms with van der Waals surface area (Å²) in [7, 11) is 0. The van der Waals surface area contributed by atoms with Gasteiger partial charge in [-0.3, -0.25) is 9.88 Å². The summed E-state index contributed by atoms with van der Waals surface area (Å²) in [6.45, 7) is 4.19. The zero-order valence-corrected chi connectivity index (χ0v) is 14.5. The number of halogens is 2. The van der Waals surface area contributed by atoms with Crippen molar-refractivity contribution in [2.75, 3.05) is 6.54 Å². The second-order valence-corrected chi connectivity index (χ2v) is 6.98. The van der Waals surface area contributed by atoms with Crippen LogP contribution >= 0.6 is 31.9 Å². The molecule has 0 spiro atoms. The molecule has 1 fully saturated rings. The van der Waals surface area contributed by atoms with Crippen LogP contribution in [0.1, 0.15) is 38.3 Å². The molecule has 1 aromatic heterocycles. The van der Waals surface area contributed by atoms with Crippen LogP contribution in [0, 0.1) is 0 Å². The average Bonchev–Trinajstić information content (AvgIpc) is 2.39. The molecule has 0 radical (unpaired) electrons. The number of rotatable bonds is 4. The monoisotopic (exact) mass is 389 g/mol. The molecule has 1 saturated carbocycles. The standard InChI is InChI=1S/C14H21Br2N3/c1-2-19(12-5-3-11(17)4-6-12)9-14-13(16)7-10(15)8-18-14/h7-8,11-12H,2-6,9,17H2,1H3. The molecular weight excluding hydrogens is 370 g/mol. The Balaban J connectivity index is 2.02. The zero-order valence-electron chi connectivity index (χ0n) is 11.3. The molecule has 0 bridgehead atoms. The lowest BCUT2D eigenvalue weighted by Crippen LogP contribution is -2.40. The molecule has 19 heavy (non-hydrogen) atoms. The summed E-state index contributed by atoms with van der Waals surface area (Å²) in [5.74, 6) is 0. The van der Waals surface area contributed by atoms with Crippen molar-refractivity contribution in [1.82, 2.24) is 9.88 Å². The van der Waals surface area contributed by atoms with E-state index in [1.807, 2.05) is 6.20 Å². The predicted molar refractivity (Wildman–Crippen MR) is 86.0 cm³/mol. The minimum Gasteiger partial charge on any atom is -0.328 e. The van der Waals surface area contributed by atoms with Gasteiger partial charge in [-0.1, -0.05) is 6.92 Å². The molecule has 3 nitrogen and oxygen atoms in total. The highest BCUT2D eigenvalue weighted by Gasteiger charge is 2.24. The van der Waals surface area contributed by atoms with Crippen molar-refractivity contribution in [2.24, 2.45) is 5.73 Å². The number of hydrogen-bond donors (Lipinski definition) is 1. The van der Waals surface area contributed by atoms with Gasteiger partial charge in [-0.25, -0.2) is 0 Å². The van der Waals surface area contributed by atoms with Crippen LogP contribution in [0.4, 0.5) is 0 Å². The third kappa shape index (κ3) is 4.25. The Hall–Kier alpha value is 0.0300. The Bertz CT molecular complexity index is 417. The molecule has 0 aromatic carbocycles. The number of pyridine rings is 1. The molecule has 1 aliphatic carbocycles. The Morgan fingerprint density at radius 2 is 2.00 bits per heavy atom. The van der Waals surface area contributed by atoms with E-state index in [1.165, 1.54) is 12.8 Å². The van der Waals surface area contributed by atoms with Gasteiger partial charge in [0.15, 0.2) is 0 Å². The van der Waals surface area contributed by atoms with E-state index in [0.29, 0.717) is 12.1 Å². The van der Waals surface area contributed by atoms with E-state index in [0.717, 1.165) is 40.6 Å². The van der Waals surface area contributed by atoms with Gasteiger partial charge < -0.3 is 5.73 Å². The summed E-state index contributed by atoms with van der Waals surface area (Å²) in [5.41, 5.74) is 7.10. The minimum absolute atomic E-state index is 0.410. The van der Waals surface area contributed by atoms with Gasteiger partial charge in [-0.05, 0) is 70.2 Å². The summed E-state index contributed by atoms with van der Waals surface area (Å²) in [6, 6.07) is 3.13. The molecular formula is C14H21Br2N3. The quantitative estimate of drug-likeness (QED) is 0.852. The van der Waals surface area contributed by atoms with Crippen LogP contribution in [0.25, 0.3) is 0 Å². The number of nitrogens with two attached hydrogens (primary N) is 1. The molecule has 0 amide bonds. The lowest BCUT2D eigenvalue weighted by molar-refractivity contribution is 0.147. The van der Waals surface area contributed by atoms with Crippen molar-refractivity contribution in [3.8, 4) is 0 Å². The normalized spacial score (nSPS) is 23.8. The highest BCUT2D eigenvalue weighted by atomic mass is 79.9. The van der Waals surface area contributed by atoms with Crippen LogP contribution in [0.15, 0.2) is 21.2 Å². The minimum atomic E-state index is 0.410. The number of nitrogens with zero attached hydrogens (tertiary/aromatic N) is 2. The highest BCUT2D eigenvalue weighted by Crippen LogP contribution is 2.26. The first-order chi connectivity index (χ1) is 9.10. The molecule has 0 aliphatic heterocycles. The lowest BCUT2D eigenvalue weighted by Gasteiger charge is -2.35. The first kappa shape index (κ1) is 15.4. The van der Waals surface area contributed by atoms with Crippen molar-refractivity contribution in [1.29, 1.82) is 0 Å². The van der Waals surface area contributed by atoms with Gasteiger partial charge in [0.25, 0.3) is 0 Å². The fourth-order valence-corrected chi connectivity index (χ4v) is 3.83. The fraction of sp³-hybridized carbons (Fsp3) is 0.643. The SMILES string of the molecule is CCN(Cc1ncc(Br)cc1Br)C1CCC(N)CC1. The van der Waals surface area contributed by atoms with Crippen molar-refractivity contribution in [3.63, 3.8) is 0 Å². The van der Waals surface area contributed by atoms with Crippen molar-refractivity contribution in [3.05, 3.63) is 26.9 Å². The summed E-state index contributed by atoms with van der Waals surface area (Å²) in [4.78, 5) is 7.04. The van der Waals surface area contributed by atoms with Crippen LogP contribution in [0.5, 0.6) is 0 Å². The largest absolute Gasteiger partial charge is 0.328 e. The summed E-state index contributed by atoms with van der Waals surface area (Å²) < 4.78 is 2.09. The van der Waals surface area contributed by atoms with Crippen LogP contribution in [0.3, 0.4) is 0 Å². The molecule has 0 saturated heterocycles. The van der Waals surface area contributed by atoms with Gasteiger partial charge in [-0.15, -0.1) is 0 Å². The molecule has 5 heteroatoms. The summed E-state index contributed by atoms with van der Waals surface area (Å²) in [5, 5.41) is 0. The maximum absolute atomic E-state index is 5.99. The second kappa shape index (κ2) is 7.16. The molecule has 0 atom stereocenters. The van der Waals surface area contributed by atoms with E-state index in [4.69, 9.17) is 5.73 Å². The van der Waals surface area contributed by atoms with Gasteiger partial charge in [-0.2, -0.15) is 0 Å². The maximum atomic E-state index is 5.99. The third-order valence-electron chi connectivity index (χ3n) is 3.90. The van der Waals surface area contributed by atoms with E-state index in [-0.39, 0.29) is 0 Å². The first-order valence-electron chi connectivity index (χ1n) is 6.89. The van der Waals surface area contributed by atoms with Crippen LogP contribution in [0.2, 0.25) is 0 Å². The van der Waals surface area contributed by atoms with Gasteiger partial charge in [0.2, 0.25) is 0 Å². The Morgan fingerprint density at radius 1 is 1.32 bits per heavy atom. The van der Waals surface area contributed by atoms with Crippen LogP contribution < -0.4 is 5.73 Å². The smallest absolute Gasteiger partial charge is 0.0686 e. The summed E-state index contributed by atoms with van der Waals surface area (Å²) >= 11 is 7.04. The van der Waals surface area contributed by atoms with Gasteiger partial charge in [0, 0.05) is 33.8 Å². The van der Waals surface area contributed by atoms with E-state index in [1.54, 1.807) is 0 Å².